The van der Waals surface area contributed by atoms with Gasteiger partial charge < -0.3 is 19.8 Å². The van der Waals surface area contributed by atoms with Gasteiger partial charge in [-0.25, -0.2) is 9.18 Å². The number of amides is 2. The number of carbonyl (C=O) groups excluding carboxylic acids is 1. The maximum Gasteiger partial charge on any atom is 0.321 e. The van der Waals surface area contributed by atoms with Crippen LogP contribution in [0.4, 0.5) is 9.18 Å². The highest BCUT2D eigenvalue weighted by Gasteiger charge is 2.46. The van der Waals surface area contributed by atoms with Gasteiger partial charge in [0.05, 0.1) is 6.61 Å². The second kappa shape index (κ2) is 9.43. The van der Waals surface area contributed by atoms with Gasteiger partial charge in [-0.2, -0.15) is 0 Å². The Morgan fingerprint density at radius 1 is 1.16 bits per heavy atom. The van der Waals surface area contributed by atoms with E-state index in [0.717, 1.165) is 29.7 Å². The molecule has 4 rings (SSSR count). The number of hydrogen-bond donors (Lipinski definition) is 1. The van der Waals surface area contributed by atoms with Crippen LogP contribution >= 0.6 is 0 Å². The number of carbonyl (C=O) groups is 1. The summed E-state index contributed by atoms with van der Waals surface area (Å²) in [6.45, 7) is 1.30. The Labute approximate surface area is 189 Å². The van der Waals surface area contributed by atoms with E-state index >= 15 is 0 Å². The first-order valence-electron chi connectivity index (χ1n) is 11.2. The van der Waals surface area contributed by atoms with Crippen molar-refractivity contribution in [2.75, 3.05) is 40.3 Å². The zero-order valence-corrected chi connectivity index (χ0v) is 18.8. The number of halogens is 1. The lowest BCUT2D eigenvalue weighted by Crippen LogP contribution is -2.54. The fourth-order valence-corrected chi connectivity index (χ4v) is 4.96. The van der Waals surface area contributed by atoms with Crippen LogP contribution in [-0.2, 0) is 5.54 Å². The Balaban J connectivity index is 1.69. The molecule has 1 fully saturated rings. The van der Waals surface area contributed by atoms with Gasteiger partial charge in [0.1, 0.15) is 11.7 Å². The molecule has 32 heavy (non-hydrogen) atoms. The molecule has 2 amide bonds. The van der Waals surface area contributed by atoms with Crippen LogP contribution in [0.3, 0.4) is 0 Å². The number of alkyl halides is 1. The first-order valence-corrected chi connectivity index (χ1v) is 11.2. The molecule has 5 nitrogen and oxygen atoms in total. The van der Waals surface area contributed by atoms with Crippen molar-refractivity contribution in [3.05, 3.63) is 77.9 Å². The van der Waals surface area contributed by atoms with Crippen LogP contribution in [0.1, 0.15) is 24.0 Å². The van der Waals surface area contributed by atoms with Gasteiger partial charge in [-0.15, -0.1) is 0 Å². The zero-order valence-electron chi connectivity index (χ0n) is 18.8. The predicted molar refractivity (Wildman–Crippen MR) is 125 cm³/mol. The third kappa shape index (κ3) is 4.30. The van der Waals surface area contributed by atoms with Gasteiger partial charge in [0.2, 0.25) is 0 Å². The van der Waals surface area contributed by atoms with Crippen molar-refractivity contribution in [3.8, 4) is 0 Å². The first-order chi connectivity index (χ1) is 15.4. The monoisotopic (exact) mass is 437 g/mol. The van der Waals surface area contributed by atoms with Crippen LogP contribution in [0.2, 0.25) is 0 Å². The number of nitrogens with zero attached hydrogens (tertiary/aromatic N) is 3. The normalized spacial score (nSPS) is 26.5. The summed E-state index contributed by atoms with van der Waals surface area (Å²) in [5.41, 5.74) is 1.92. The zero-order chi connectivity index (χ0) is 22.7. The van der Waals surface area contributed by atoms with E-state index in [9.17, 15) is 14.3 Å². The van der Waals surface area contributed by atoms with E-state index in [2.05, 4.69) is 0 Å². The second-order valence-electron chi connectivity index (χ2n) is 9.00. The van der Waals surface area contributed by atoms with E-state index in [1.807, 2.05) is 78.7 Å². The SMILES string of the molecule is CN1CC[C@@H](N(C)C(=O)N2CC(c3ccccc3)=C[C@@]2(CO)c2ccccc2)C[C@H](F)C1. The van der Waals surface area contributed by atoms with Gasteiger partial charge in [0, 0.05) is 32.6 Å². The molecule has 2 aromatic carbocycles. The predicted octanol–water partition coefficient (Wildman–Crippen LogP) is 3.76. The molecule has 0 unspecified atom stereocenters. The third-order valence-corrected chi connectivity index (χ3v) is 6.84. The number of benzene rings is 2. The number of likely N-dealkylation sites (tertiary alicyclic amines) is 1. The largest absolute Gasteiger partial charge is 0.393 e. The smallest absolute Gasteiger partial charge is 0.321 e. The summed E-state index contributed by atoms with van der Waals surface area (Å²) >= 11 is 0. The summed E-state index contributed by atoms with van der Waals surface area (Å²) < 4.78 is 14.5. The van der Waals surface area contributed by atoms with Crippen molar-refractivity contribution in [2.45, 2.75) is 30.6 Å². The molecule has 2 aromatic rings. The highest BCUT2D eigenvalue weighted by atomic mass is 19.1. The van der Waals surface area contributed by atoms with E-state index in [-0.39, 0.29) is 18.7 Å². The molecule has 0 aliphatic carbocycles. The van der Waals surface area contributed by atoms with Crippen LogP contribution < -0.4 is 0 Å². The van der Waals surface area contributed by atoms with Crippen LogP contribution in [0.5, 0.6) is 0 Å². The van der Waals surface area contributed by atoms with Gasteiger partial charge in [-0.1, -0.05) is 60.7 Å². The van der Waals surface area contributed by atoms with Crippen LogP contribution in [0.25, 0.3) is 5.57 Å². The number of aliphatic hydroxyl groups excluding tert-OH is 1. The van der Waals surface area contributed by atoms with Crippen molar-refractivity contribution in [1.29, 1.82) is 0 Å². The standard InChI is InChI=1S/C26H32FN3O2/c1-28-14-13-24(15-23(27)18-28)29(2)25(32)30-17-21(20-9-5-3-6-10-20)16-26(30,19-31)22-11-7-4-8-12-22/h3-12,16,23-24,31H,13-15,17-19H2,1-2H3/t23-,24+,26+/m0/s1. The summed E-state index contributed by atoms with van der Waals surface area (Å²) in [7, 11) is 3.68. The number of urea groups is 1. The van der Waals surface area contributed by atoms with Crippen molar-refractivity contribution in [2.24, 2.45) is 0 Å². The molecule has 1 N–H and O–H groups in total. The van der Waals surface area contributed by atoms with E-state index in [0.29, 0.717) is 19.5 Å². The van der Waals surface area contributed by atoms with Crippen LogP contribution in [0.15, 0.2) is 66.7 Å². The fraction of sp³-hybridized carbons (Fsp3) is 0.423. The van der Waals surface area contributed by atoms with E-state index < -0.39 is 11.7 Å². The van der Waals surface area contributed by atoms with Gasteiger partial charge in [-0.05, 0) is 42.8 Å². The average Bonchev–Trinajstić information content (AvgIpc) is 3.14. The lowest BCUT2D eigenvalue weighted by Gasteiger charge is -2.41. The Morgan fingerprint density at radius 2 is 1.81 bits per heavy atom. The Hall–Kier alpha value is -2.70. The molecule has 6 heteroatoms. The quantitative estimate of drug-likeness (QED) is 0.792. The maximum absolute atomic E-state index is 14.5. The molecule has 3 atom stereocenters. The van der Waals surface area contributed by atoms with Crippen LogP contribution in [0, 0.1) is 0 Å². The summed E-state index contributed by atoms with van der Waals surface area (Å²) in [5.74, 6) is 0. The lowest BCUT2D eigenvalue weighted by molar-refractivity contribution is 0.0758. The minimum atomic E-state index is -0.964. The van der Waals surface area contributed by atoms with E-state index in [1.54, 1.807) is 16.8 Å². The van der Waals surface area contributed by atoms with Crippen molar-refractivity contribution in [1.82, 2.24) is 14.7 Å². The Kier molecular flexibility index (Phi) is 6.63. The van der Waals surface area contributed by atoms with Crippen molar-refractivity contribution in [3.63, 3.8) is 0 Å². The Bertz CT molecular complexity index is 952. The minimum Gasteiger partial charge on any atom is -0.393 e. The lowest BCUT2D eigenvalue weighted by atomic mass is 9.89. The average molecular weight is 438 g/mol. The summed E-state index contributed by atoms with van der Waals surface area (Å²) in [6.07, 6.45) is 2.11. The molecule has 0 bridgehead atoms. The molecule has 1 saturated heterocycles. The molecule has 170 valence electrons. The van der Waals surface area contributed by atoms with Gasteiger partial charge in [0.15, 0.2) is 0 Å². The maximum atomic E-state index is 14.5. The van der Waals surface area contributed by atoms with Crippen molar-refractivity contribution < 1.29 is 14.3 Å². The van der Waals surface area contributed by atoms with E-state index in [1.165, 1.54) is 0 Å². The van der Waals surface area contributed by atoms with E-state index in [4.69, 9.17) is 0 Å². The van der Waals surface area contributed by atoms with Gasteiger partial charge >= 0.3 is 6.03 Å². The molecular weight excluding hydrogens is 405 g/mol. The summed E-state index contributed by atoms with van der Waals surface area (Å²) in [5, 5.41) is 10.6. The summed E-state index contributed by atoms with van der Waals surface area (Å²) in [4.78, 5) is 19.2. The first kappa shape index (κ1) is 22.5. The van der Waals surface area contributed by atoms with Crippen molar-refractivity contribution >= 4 is 11.6 Å². The highest BCUT2D eigenvalue weighted by molar-refractivity contribution is 5.83. The second-order valence-corrected chi connectivity index (χ2v) is 9.00. The minimum absolute atomic E-state index is 0.185. The summed E-state index contributed by atoms with van der Waals surface area (Å²) in [6, 6.07) is 19.2. The van der Waals surface area contributed by atoms with Gasteiger partial charge in [-0.3, -0.25) is 0 Å². The number of aliphatic hydroxyl groups is 1. The fourth-order valence-electron chi connectivity index (χ4n) is 4.96. The molecule has 2 aliphatic heterocycles. The Morgan fingerprint density at radius 3 is 2.47 bits per heavy atom. The molecule has 0 radical (unpaired) electrons. The molecule has 2 aliphatic rings. The molecular formula is C26H32FN3O2. The molecule has 0 spiro atoms. The third-order valence-electron chi connectivity index (χ3n) is 6.84. The number of hydrogen-bond acceptors (Lipinski definition) is 3. The molecule has 2 heterocycles. The van der Waals surface area contributed by atoms with Crippen LogP contribution in [-0.4, -0.2) is 78.4 Å². The topological polar surface area (TPSA) is 47.0 Å². The molecule has 0 saturated carbocycles. The van der Waals surface area contributed by atoms with Gasteiger partial charge in [0.25, 0.3) is 0 Å². The number of rotatable bonds is 4. The highest BCUT2D eigenvalue weighted by Crippen LogP contribution is 2.41. The molecule has 0 aromatic heterocycles.